The fourth-order valence-electron chi connectivity index (χ4n) is 2.15. The lowest BCUT2D eigenvalue weighted by molar-refractivity contribution is 0.326. The van der Waals surface area contributed by atoms with E-state index >= 15 is 0 Å². The number of terminal acetylenes is 1. The van der Waals surface area contributed by atoms with Crippen molar-refractivity contribution in [2.45, 2.75) is 31.7 Å². The van der Waals surface area contributed by atoms with Crippen molar-refractivity contribution in [1.82, 2.24) is 0 Å². The van der Waals surface area contributed by atoms with Crippen LogP contribution < -0.4 is 10.5 Å². The molecule has 0 aromatic heterocycles. The molecule has 1 aliphatic carbocycles. The van der Waals surface area contributed by atoms with Crippen molar-refractivity contribution in [1.29, 1.82) is 0 Å². The second-order valence-electron chi connectivity index (χ2n) is 4.16. The van der Waals surface area contributed by atoms with E-state index in [1.807, 2.05) is 6.07 Å². The van der Waals surface area contributed by atoms with Crippen LogP contribution in [0, 0.1) is 12.3 Å². The minimum Gasteiger partial charge on any atom is -0.493 e. The van der Waals surface area contributed by atoms with Crippen molar-refractivity contribution in [3.8, 4) is 18.1 Å². The summed E-state index contributed by atoms with van der Waals surface area (Å²) in [4.78, 5) is 0. The van der Waals surface area contributed by atoms with Gasteiger partial charge < -0.3 is 10.5 Å². The van der Waals surface area contributed by atoms with Gasteiger partial charge in [0, 0.05) is 12.5 Å². The van der Waals surface area contributed by atoms with Crippen LogP contribution in [0.4, 0.5) is 0 Å². The van der Waals surface area contributed by atoms with Crippen LogP contribution in [0.5, 0.6) is 5.75 Å². The molecule has 84 valence electrons. The Hall–Kier alpha value is -1.46. The number of nitrogens with two attached hydrogens (primary N) is 1. The van der Waals surface area contributed by atoms with Gasteiger partial charge in [0.15, 0.2) is 0 Å². The van der Waals surface area contributed by atoms with Gasteiger partial charge in [-0.25, -0.2) is 0 Å². The van der Waals surface area contributed by atoms with Crippen molar-refractivity contribution >= 4 is 0 Å². The molecule has 0 heterocycles. The maximum absolute atomic E-state index is 6.05. The number of fused-ring (bicyclic) bond motifs is 1. The number of aryl methyl sites for hydroxylation is 1. The minimum atomic E-state index is 0.198. The van der Waals surface area contributed by atoms with Crippen LogP contribution in [0.3, 0.4) is 0 Å². The van der Waals surface area contributed by atoms with E-state index in [1.165, 1.54) is 17.5 Å². The Bertz CT molecular complexity index is 406. The van der Waals surface area contributed by atoms with Gasteiger partial charge in [0.1, 0.15) is 5.75 Å². The smallest absolute Gasteiger partial charge is 0.119 e. The monoisotopic (exact) mass is 215 g/mol. The summed E-state index contributed by atoms with van der Waals surface area (Å²) in [5, 5.41) is 0. The molecule has 1 aromatic rings. The molecule has 0 radical (unpaired) electrons. The zero-order valence-corrected chi connectivity index (χ0v) is 9.41. The summed E-state index contributed by atoms with van der Waals surface area (Å²) in [7, 11) is 0. The molecule has 0 saturated heterocycles. The zero-order chi connectivity index (χ0) is 11.4. The van der Waals surface area contributed by atoms with Crippen LogP contribution in [0.15, 0.2) is 18.2 Å². The second-order valence-corrected chi connectivity index (χ2v) is 4.16. The first-order valence-electron chi connectivity index (χ1n) is 5.76. The maximum atomic E-state index is 6.05. The Balaban J connectivity index is 2.10. The lowest BCUT2D eigenvalue weighted by atomic mass is 9.88. The van der Waals surface area contributed by atoms with Crippen molar-refractivity contribution in [3.05, 3.63) is 29.3 Å². The SMILES string of the molecule is C#CCCOc1ccc2c(c1)CCCC2N. The summed E-state index contributed by atoms with van der Waals surface area (Å²) in [5.41, 5.74) is 8.65. The summed E-state index contributed by atoms with van der Waals surface area (Å²) in [6.07, 6.45) is 9.19. The predicted octanol–water partition coefficient (Wildman–Crippen LogP) is 2.42. The largest absolute Gasteiger partial charge is 0.493 e. The van der Waals surface area contributed by atoms with E-state index in [4.69, 9.17) is 16.9 Å². The van der Waals surface area contributed by atoms with Gasteiger partial charge in [0.05, 0.1) is 6.61 Å². The first-order chi connectivity index (χ1) is 7.81. The average molecular weight is 215 g/mol. The van der Waals surface area contributed by atoms with Crippen molar-refractivity contribution in [2.75, 3.05) is 6.61 Å². The summed E-state index contributed by atoms with van der Waals surface area (Å²) >= 11 is 0. The molecule has 16 heavy (non-hydrogen) atoms. The van der Waals surface area contributed by atoms with E-state index in [-0.39, 0.29) is 6.04 Å². The highest BCUT2D eigenvalue weighted by Gasteiger charge is 2.16. The van der Waals surface area contributed by atoms with E-state index in [0.717, 1.165) is 18.6 Å². The van der Waals surface area contributed by atoms with Gasteiger partial charge in [-0.05, 0) is 42.5 Å². The van der Waals surface area contributed by atoms with Gasteiger partial charge in [-0.15, -0.1) is 12.3 Å². The number of benzene rings is 1. The molecule has 1 aliphatic rings. The van der Waals surface area contributed by atoms with E-state index in [9.17, 15) is 0 Å². The van der Waals surface area contributed by atoms with Gasteiger partial charge in [-0.3, -0.25) is 0 Å². The van der Waals surface area contributed by atoms with Crippen LogP contribution in [0.25, 0.3) is 0 Å². The Morgan fingerprint density at radius 1 is 1.50 bits per heavy atom. The molecular formula is C14H17NO. The maximum Gasteiger partial charge on any atom is 0.119 e. The topological polar surface area (TPSA) is 35.2 Å². The number of ether oxygens (including phenoxy) is 1. The standard InChI is InChI=1S/C14H17NO/c1-2-3-9-16-12-7-8-13-11(10-12)5-4-6-14(13)15/h1,7-8,10,14H,3-6,9,15H2. The molecule has 1 aromatic carbocycles. The van der Waals surface area contributed by atoms with Crippen LogP contribution in [-0.2, 0) is 6.42 Å². The predicted molar refractivity (Wildman–Crippen MR) is 65.3 cm³/mol. The first kappa shape index (κ1) is 11.0. The number of hydrogen-bond donors (Lipinski definition) is 1. The average Bonchev–Trinajstić information content (AvgIpc) is 2.30. The Morgan fingerprint density at radius 2 is 2.38 bits per heavy atom. The molecule has 1 atom stereocenters. The summed E-state index contributed by atoms with van der Waals surface area (Å²) < 4.78 is 5.56. The Kier molecular flexibility index (Phi) is 3.48. The molecule has 1 unspecified atom stereocenters. The van der Waals surface area contributed by atoms with Crippen LogP contribution in [-0.4, -0.2) is 6.61 Å². The van der Waals surface area contributed by atoms with Crippen LogP contribution in [0.1, 0.15) is 36.4 Å². The molecule has 2 heteroatoms. The van der Waals surface area contributed by atoms with Gasteiger partial charge in [-0.1, -0.05) is 6.07 Å². The summed E-state index contributed by atoms with van der Waals surface area (Å²) in [6.45, 7) is 0.585. The quantitative estimate of drug-likeness (QED) is 0.621. The molecule has 2 N–H and O–H groups in total. The molecule has 0 amide bonds. The van der Waals surface area contributed by atoms with E-state index in [0.29, 0.717) is 13.0 Å². The highest BCUT2D eigenvalue weighted by atomic mass is 16.5. The third-order valence-electron chi connectivity index (χ3n) is 2.99. The third-order valence-corrected chi connectivity index (χ3v) is 2.99. The van der Waals surface area contributed by atoms with Gasteiger partial charge >= 0.3 is 0 Å². The van der Waals surface area contributed by atoms with Crippen molar-refractivity contribution < 1.29 is 4.74 Å². The van der Waals surface area contributed by atoms with Gasteiger partial charge in [0.2, 0.25) is 0 Å². The lowest BCUT2D eigenvalue weighted by Crippen LogP contribution is -2.17. The van der Waals surface area contributed by atoms with Crippen LogP contribution in [0.2, 0.25) is 0 Å². The molecule has 0 saturated carbocycles. The fraction of sp³-hybridized carbons (Fsp3) is 0.429. The minimum absolute atomic E-state index is 0.198. The second kappa shape index (κ2) is 5.05. The molecular weight excluding hydrogens is 198 g/mol. The Morgan fingerprint density at radius 3 is 3.19 bits per heavy atom. The number of rotatable bonds is 3. The molecule has 0 aliphatic heterocycles. The highest BCUT2D eigenvalue weighted by Crippen LogP contribution is 2.30. The summed E-state index contributed by atoms with van der Waals surface area (Å²) in [6, 6.07) is 6.37. The van der Waals surface area contributed by atoms with E-state index < -0.39 is 0 Å². The lowest BCUT2D eigenvalue weighted by Gasteiger charge is -2.22. The molecule has 0 fully saturated rings. The van der Waals surface area contributed by atoms with E-state index in [2.05, 4.69) is 18.1 Å². The molecule has 2 nitrogen and oxygen atoms in total. The molecule has 0 bridgehead atoms. The molecule has 0 spiro atoms. The zero-order valence-electron chi connectivity index (χ0n) is 9.41. The van der Waals surface area contributed by atoms with Crippen molar-refractivity contribution in [2.24, 2.45) is 5.73 Å². The fourth-order valence-corrected chi connectivity index (χ4v) is 2.15. The Labute approximate surface area is 96.8 Å². The van der Waals surface area contributed by atoms with E-state index in [1.54, 1.807) is 0 Å². The van der Waals surface area contributed by atoms with Crippen molar-refractivity contribution in [3.63, 3.8) is 0 Å². The van der Waals surface area contributed by atoms with Crippen LogP contribution >= 0.6 is 0 Å². The first-order valence-corrected chi connectivity index (χ1v) is 5.76. The molecule has 2 rings (SSSR count). The number of hydrogen-bond acceptors (Lipinski definition) is 2. The van der Waals surface area contributed by atoms with Gasteiger partial charge in [0.25, 0.3) is 0 Å². The third kappa shape index (κ3) is 2.37. The normalized spacial score (nSPS) is 18.6. The highest BCUT2D eigenvalue weighted by molar-refractivity contribution is 5.38. The summed E-state index contributed by atoms with van der Waals surface area (Å²) in [5.74, 6) is 3.47. The van der Waals surface area contributed by atoms with Gasteiger partial charge in [-0.2, -0.15) is 0 Å².